The van der Waals surface area contributed by atoms with E-state index in [2.05, 4.69) is 22.0 Å². The van der Waals surface area contributed by atoms with Crippen molar-refractivity contribution < 1.29 is 4.39 Å². The van der Waals surface area contributed by atoms with E-state index in [1.165, 1.54) is 25.0 Å². The van der Waals surface area contributed by atoms with Gasteiger partial charge in [-0.05, 0) is 55.8 Å². The molecule has 0 unspecified atom stereocenters. The number of para-hydroxylation sites is 2. The minimum Gasteiger partial charge on any atom is -0.317 e. The molecular formula is C19H20FN3S. The van der Waals surface area contributed by atoms with Crippen LogP contribution in [0.15, 0.2) is 53.7 Å². The minimum absolute atomic E-state index is 0.196. The van der Waals surface area contributed by atoms with Gasteiger partial charge in [0.25, 0.3) is 0 Å². The van der Waals surface area contributed by atoms with E-state index in [0.29, 0.717) is 11.8 Å². The largest absolute Gasteiger partial charge is 0.317 e. The number of hydrogen-bond acceptors (Lipinski definition) is 3. The molecule has 0 aliphatic carbocycles. The molecule has 0 radical (unpaired) electrons. The molecule has 0 atom stereocenters. The highest BCUT2D eigenvalue weighted by Crippen LogP contribution is 2.31. The van der Waals surface area contributed by atoms with Gasteiger partial charge in [-0.3, -0.25) is 0 Å². The molecule has 1 aliphatic rings. The fraction of sp³-hybridized carbons (Fsp3) is 0.316. The summed E-state index contributed by atoms with van der Waals surface area (Å²) in [6.07, 6.45) is 2.34. The molecule has 1 saturated heterocycles. The number of rotatable bonds is 4. The van der Waals surface area contributed by atoms with Crippen LogP contribution in [0.5, 0.6) is 0 Å². The van der Waals surface area contributed by atoms with Crippen molar-refractivity contribution >= 4 is 22.8 Å². The number of piperidine rings is 1. The van der Waals surface area contributed by atoms with Crippen LogP contribution in [0.25, 0.3) is 11.0 Å². The van der Waals surface area contributed by atoms with Gasteiger partial charge >= 0.3 is 0 Å². The highest BCUT2D eigenvalue weighted by atomic mass is 32.2. The Morgan fingerprint density at radius 1 is 1.08 bits per heavy atom. The van der Waals surface area contributed by atoms with Crippen molar-refractivity contribution in [1.82, 2.24) is 14.9 Å². The molecule has 1 aliphatic heterocycles. The number of nitrogens with one attached hydrogen (secondary N) is 1. The number of imidazole rings is 1. The van der Waals surface area contributed by atoms with E-state index >= 15 is 0 Å². The third-order valence-electron chi connectivity index (χ3n) is 4.43. The van der Waals surface area contributed by atoms with Crippen LogP contribution in [0.4, 0.5) is 4.39 Å². The van der Waals surface area contributed by atoms with Crippen LogP contribution in [0, 0.1) is 5.82 Å². The SMILES string of the molecule is Fc1ccc(Cn2c(SC3CCNCC3)nc3ccccc32)cc1. The number of benzene rings is 2. The Labute approximate surface area is 145 Å². The summed E-state index contributed by atoms with van der Waals surface area (Å²) in [5.41, 5.74) is 3.25. The predicted molar refractivity (Wildman–Crippen MR) is 97.0 cm³/mol. The summed E-state index contributed by atoms with van der Waals surface area (Å²) in [6, 6.07) is 15.0. The predicted octanol–water partition coefficient (Wildman–Crippen LogP) is 4.07. The molecule has 0 spiro atoms. The molecule has 3 aromatic rings. The van der Waals surface area contributed by atoms with Crippen LogP contribution in [0.3, 0.4) is 0 Å². The van der Waals surface area contributed by atoms with Gasteiger partial charge in [-0.1, -0.05) is 36.0 Å². The van der Waals surface area contributed by atoms with Gasteiger partial charge in [0.1, 0.15) is 5.82 Å². The zero-order valence-electron chi connectivity index (χ0n) is 13.4. The van der Waals surface area contributed by atoms with Crippen molar-refractivity contribution in [1.29, 1.82) is 0 Å². The lowest BCUT2D eigenvalue weighted by atomic mass is 10.2. The highest BCUT2D eigenvalue weighted by Gasteiger charge is 2.19. The monoisotopic (exact) mass is 341 g/mol. The second-order valence-corrected chi connectivity index (χ2v) is 7.43. The maximum absolute atomic E-state index is 13.2. The molecule has 2 heterocycles. The molecule has 24 heavy (non-hydrogen) atoms. The number of thioether (sulfide) groups is 1. The third-order valence-corrected chi connectivity index (χ3v) is 5.76. The number of hydrogen-bond donors (Lipinski definition) is 1. The van der Waals surface area contributed by atoms with Crippen LogP contribution in [-0.2, 0) is 6.54 Å². The summed E-state index contributed by atoms with van der Waals surface area (Å²) >= 11 is 1.88. The first-order chi connectivity index (χ1) is 11.8. The van der Waals surface area contributed by atoms with Gasteiger partial charge in [0.2, 0.25) is 0 Å². The lowest BCUT2D eigenvalue weighted by molar-refractivity contribution is 0.530. The normalized spacial score (nSPS) is 15.9. The second kappa shape index (κ2) is 6.95. The summed E-state index contributed by atoms with van der Waals surface area (Å²) < 4.78 is 15.4. The Morgan fingerprint density at radius 2 is 1.83 bits per heavy atom. The fourth-order valence-electron chi connectivity index (χ4n) is 3.13. The minimum atomic E-state index is -0.196. The molecule has 0 amide bonds. The average molecular weight is 341 g/mol. The Morgan fingerprint density at radius 3 is 2.62 bits per heavy atom. The summed E-state index contributed by atoms with van der Waals surface area (Å²) in [4.78, 5) is 4.85. The number of nitrogens with zero attached hydrogens (tertiary/aromatic N) is 2. The smallest absolute Gasteiger partial charge is 0.169 e. The van der Waals surface area contributed by atoms with Gasteiger partial charge in [-0.2, -0.15) is 0 Å². The molecule has 2 aromatic carbocycles. The molecule has 0 bridgehead atoms. The van der Waals surface area contributed by atoms with E-state index in [9.17, 15) is 4.39 Å². The van der Waals surface area contributed by atoms with Crippen LogP contribution in [0.2, 0.25) is 0 Å². The van der Waals surface area contributed by atoms with Gasteiger partial charge in [0.05, 0.1) is 17.6 Å². The average Bonchev–Trinajstić information content (AvgIpc) is 2.95. The molecule has 0 saturated carbocycles. The first-order valence-electron chi connectivity index (χ1n) is 8.37. The van der Waals surface area contributed by atoms with Crippen LogP contribution >= 0.6 is 11.8 Å². The lowest BCUT2D eigenvalue weighted by Crippen LogP contribution is -2.29. The molecule has 3 nitrogen and oxygen atoms in total. The molecular weight excluding hydrogens is 321 g/mol. The standard InChI is InChI=1S/C19H20FN3S/c20-15-7-5-14(6-8-15)13-23-18-4-2-1-3-17(18)22-19(23)24-16-9-11-21-12-10-16/h1-8,16,21H,9-13H2. The van der Waals surface area contributed by atoms with Crippen LogP contribution in [0.1, 0.15) is 18.4 Å². The van der Waals surface area contributed by atoms with Crippen LogP contribution in [-0.4, -0.2) is 27.9 Å². The van der Waals surface area contributed by atoms with Gasteiger partial charge in [-0.25, -0.2) is 9.37 Å². The van der Waals surface area contributed by atoms with E-state index in [4.69, 9.17) is 4.98 Å². The summed E-state index contributed by atoms with van der Waals surface area (Å²) in [5.74, 6) is -0.196. The molecule has 1 N–H and O–H groups in total. The van der Waals surface area contributed by atoms with Crippen molar-refractivity contribution in [3.05, 3.63) is 59.9 Å². The van der Waals surface area contributed by atoms with Crippen LogP contribution < -0.4 is 5.32 Å². The summed E-state index contributed by atoms with van der Waals surface area (Å²) in [6.45, 7) is 2.87. The first kappa shape index (κ1) is 15.7. The Kier molecular flexibility index (Phi) is 4.54. The zero-order chi connectivity index (χ0) is 16.4. The Balaban J connectivity index is 1.68. The Bertz CT molecular complexity index is 822. The molecule has 1 fully saturated rings. The van der Waals surface area contributed by atoms with E-state index in [1.807, 2.05) is 36.0 Å². The maximum Gasteiger partial charge on any atom is 0.169 e. The van der Waals surface area contributed by atoms with Crippen molar-refractivity contribution in [2.45, 2.75) is 29.8 Å². The molecule has 1 aromatic heterocycles. The van der Waals surface area contributed by atoms with E-state index in [-0.39, 0.29) is 5.82 Å². The molecule has 124 valence electrons. The van der Waals surface area contributed by atoms with Crippen molar-refractivity contribution in [2.75, 3.05) is 13.1 Å². The summed E-state index contributed by atoms with van der Waals surface area (Å²) in [7, 11) is 0. The molecule has 5 heteroatoms. The topological polar surface area (TPSA) is 29.9 Å². The fourth-order valence-corrected chi connectivity index (χ4v) is 4.34. The van der Waals surface area contributed by atoms with Gasteiger partial charge < -0.3 is 9.88 Å². The zero-order valence-corrected chi connectivity index (χ0v) is 14.2. The van der Waals surface area contributed by atoms with E-state index in [1.54, 1.807) is 0 Å². The van der Waals surface area contributed by atoms with Gasteiger partial charge in [-0.15, -0.1) is 0 Å². The van der Waals surface area contributed by atoms with E-state index < -0.39 is 0 Å². The molecule has 4 rings (SSSR count). The second-order valence-electron chi connectivity index (χ2n) is 6.16. The third kappa shape index (κ3) is 3.32. The van der Waals surface area contributed by atoms with Crippen molar-refractivity contribution in [3.8, 4) is 0 Å². The number of aromatic nitrogens is 2. The van der Waals surface area contributed by atoms with Gasteiger partial charge in [0.15, 0.2) is 5.16 Å². The number of halogens is 1. The highest BCUT2D eigenvalue weighted by molar-refractivity contribution is 7.99. The van der Waals surface area contributed by atoms with Crippen molar-refractivity contribution in [2.24, 2.45) is 0 Å². The number of fused-ring (bicyclic) bond motifs is 1. The summed E-state index contributed by atoms with van der Waals surface area (Å²) in [5, 5.41) is 5.08. The lowest BCUT2D eigenvalue weighted by Gasteiger charge is -2.22. The Hall–Kier alpha value is -1.85. The quantitative estimate of drug-likeness (QED) is 0.776. The first-order valence-corrected chi connectivity index (χ1v) is 9.24. The van der Waals surface area contributed by atoms with Crippen molar-refractivity contribution in [3.63, 3.8) is 0 Å². The van der Waals surface area contributed by atoms with E-state index in [0.717, 1.165) is 34.8 Å². The maximum atomic E-state index is 13.2. The van der Waals surface area contributed by atoms with Gasteiger partial charge in [0, 0.05) is 5.25 Å².